The van der Waals surface area contributed by atoms with Gasteiger partial charge in [0.05, 0.1) is 18.4 Å². The standard InChI is InChI=1S/C24H23F3N6O/c1-14-6-9-32(13-14)23(34)17-4-3-16(11-15(17)2)31-21-22-30-12-19(33(22)10-8-29-21)18-5-7-28-20(18)24(25,26)27/h3-5,8,10-12,14H,6-7,9,13H2,1-2H3,(H,29,31)/t14-/m0/s1. The molecule has 1 aromatic carbocycles. The lowest BCUT2D eigenvalue weighted by Gasteiger charge is -2.18. The number of alkyl halides is 3. The molecule has 2 aromatic heterocycles. The number of aromatic nitrogens is 3. The van der Waals surface area contributed by atoms with Crippen LogP contribution in [0.5, 0.6) is 0 Å². The molecule has 2 aliphatic rings. The molecule has 4 heterocycles. The fourth-order valence-electron chi connectivity index (χ4n) is 4.49. The number of carbonyl (C=O) groups is 1. The average molecular weight is 468 g/mol. The van der Waals surface area contributed by atoms with Crippen molar-refractivity contribution in [2.75, 3.05) is 25.0 Å². The molecule has 10 heteroatoms. The molecule has 0 unspecified atom stereocenters. The molecule has 0 bridgehead atoms. The molecule has 176 valence electrons. The van der Waals surface area contributed by atoms with Crippen LogP contribution in [0.15, 0.2) is 47.9 Å². The van der Waals surface area contributed by atoms with Crippen LogP contribution >= 0.6 is 0 Å². The van der Waals surface area contributed by atoms with E-state index in [1.807, 2.05) is 17.9 Å². The van der Waals surface area contributed by atoms with Crippen LogP contribution in [0, 0.1) is 12.8 Å². The minimum Gasteiger partial charge on any atom is -0.338 e. The Bertz CT molecular complexity index is 1340. The van der Waals surface area contributed by atoms with Crippen molar-refractivity contribution in [1.29, 1.82) is 0 Å². The summed E-state index contributed by atoms with van der Waals surface area (Å²) >= 11 is 0. The molecular weight excluding hydrogens is 445 g/mol. The van der Waals surface area contributed by atoms with Gasteiger partial charge in [0.25, 0.3) is 5.91 Å². The Balaban J connectivity index is 1.42. The number of benzene rings is 1. The van der Waals surface area contributed by atoms with Gasteiger partial charge in [0.15, 0.2) is 11.5 Å². The minimum absolute atomic E-state index is 0.00657. The number of hydrogen-bond donors (Lipinski definition) is 1. The van der Waals surface area contributed by atoms with Gasteiger partial charge in [0, 0.05) is 42.3 Å². The number of rotatable bonds is 4. The highest BCUT2D eigenvalue weighted by Gasteiger charge is 2.40. The van der Waals surface area contributed by atoms with E-state index in [1.165, 1.54) is 18.5 Å². The molecule has 1 saturated heterocycles. The summed E-state index contributed by atoms with van der Waals surface area (Å²) in [7, 11) is 0. The fourth-order valence-corrected chi connectivity index (χ4v) is 4.49. The van der Waals surface area contributed by atoms with Gasteiger partial charge in [-0.2, -0.15) is 13.2 Å². The number of nitrogens with zero attached hydrogens (tertiary/aromatic N) is 5. The van der Waals surface area contributed by atoms with E-state index in [0.717, 1.165) is 25.1 Å². The first-order valence-electron chi connectivity index (χ1n) is 11.0. The van der Waals surface area contributed by atoms with Crippen molar-refractivity contribution >= 4 is 34.3 Å². The third kappa shape index (κ3) is 3.93. The number of aliphatic imine (C=N–C) groups is 1. The monoisotopic (exact) mass is 468 g/mol. The SMILES string of the molecule is Cc1cc(Nc2nccn3c(C4=CCN=C4C(F)(F)F)cnc23)ccc1C(=O)N1CC[C@H](C)C1. The fraction of sp³-hybridized carbons (Fsp3) is 0.333. The minimum atomic E-state index is -4.54. The summed E-state index contributed by atoms with van der Waals surface area (Å²) in [6.45, 7) is 5.54. The van der Waals surface area contributed by atoms with Crippen molar-refractivity contribution in [3.8, 4) is 0 Å². The van der Waals surface area contributed by atoms with E-state index in [9.17, 15) is 18.0 Å². The zero-order valence-corrected chi connectivity index (χ0v) is 18.7. The molecule has 0 saturated carbocycles. The summed E-state index contributed by atoms with van der Waals surface area (Å²) in [5.41, 5.74) is 1.97. The summed E-state index contributed by atoms with van der Waals surface area (Å²) in [6, 6.07) is 5.44. The Morgan fingerprint density at radius 1 is 1.24 bits per heavy atom. The van der Waals surface area contributed by atoms with Crippen LogP contribution in [0.4, 0.5) is 24.7 Å². The highest BCUT2D eigenvalue weighted by molar-refractivity contribution is 6.27. The summed E-state index contributed by atoms with van der Waals surface area (Å²) in [5, 5.41) is 3.18. The van der Waals surface area contributed by atoms with E-state index in [2.05, 4.69) is 27.2 Å². The summed E-state index contributed by atoms with van der Waals surface area (Å²) in [4.78, 5) is 27.0. The van der Waals surface area contributed by atoms with E-state index in [4.69, 9.17) is 0 Å². The van der Waals surface area contributed by atoms with E-state index >= 15 is 0 Å². The number of likely N-dealkylation sites (tertiary alicyclic amines) is 1. The van der Waals surface area contributed by atoms with E-state index in [-0.39, 0.29) is 18.0 Å². The molecule has 34 heavy (non-hydrogen) atoms. The van der Waals surface area contributed by atoms with Gasteiger partial charge >= 0.3 is 6.18 Å². The summed E-state index contributed by atoms with van der Waals surface area (Å²) < 4.78 is 41.6. The number of halogens is 3. The van der Waals surface area contributed by atoms with Gasteiger partial charge < -0.3 is 10.2 Å². The first-order chi connectivity index (χ1) is 16.2. The van der Waals surface area contributed by atoms with Gasteiger partial charge in [0.1, 0.15) is 5.71 Å². The molecule has 1 atom stereocenters. The predicted octanol–water partition coefficient (Wildman–Crippen LogP) is 4.66. The first kappa shape index (κ1) is 22.1. The number of carbonyl (C=O) groups excluding carboxylic acids is 1. The van der Waals surface area contributed by atoms with Gasteiger partial charge in [-0.15, -0.1) is 0 Å². The Kier molecular flexibility index (Phi) is 5.38. The van der Waals surface area contributed by atoms with Gasteiger partial charge in [-0.25, -0.2) is 9.97 Å². The van der Waals surface area contributed by atoms with Crippen LogP contribution in [0.3, 0.4) is 0 Å². The predicted molar refractivity (Wildman–Crippen MR) is 123 cm³/mol. The number of anilines is 2. The Morgan fingerprint density at radius 2 is 2.06 bits per heavy atom. The Labute approximate surface area is 194 Å². The van der Waals surface area contributed by atoms with Gasteiger partial charge in [-0.1, -0.05) is 13.0 Å². The first-order valence-corrected chi connectivity index (χ1v) is 11.0. The lowest BCUT2D eigenvalue weighted by atomic mass is 10.1. The van der Waals surface area contributed by atoms with Gasteiger partial charge in [-0.3, -0.25) is 14.2 Å². The molecule has 0 radical (unpaired) electrons. The van der Waals surface area contributed by atoms with Crippen molar-refractivity contribution in [2.45, 2.75) is 26.4 Å². The van der Waals surface area contributed by atoms with Gasteiger partial charge in [0.2, 0.25) is 0 Å². The number of hydrogen-bond acceptors (Lipinski definition) is 5. The number of fused-ring (bicyclic) bond motifs is 1. The quantitative estimate of drug-likeness (QED) is 0.604. The van der Waals surface area contributed by atoms with E-state index in [0.29, 0.717) is 34.3 Å². The highest BCUT2D eigenvalue weighted by atomic mass is 19.4. The number of allylic oxidation sites excluding steroid dienone is 1. The maximum atomic E-state index is 13.4. The molecule has 5 rings (SSSR count). The lowest BCUT2D eigenvalue weighted by Crippen LogP contribution is -2.29. The van der Waals surface area contributed by atoms with Crippen molar-refractivity contribution in [2.24, 2.45) is 10.9 Å². The molecule has 1 N–H and O–H groups in total. The van der Waals surface area contributed by atoms with Gasteiger partial charge in [-0.05, 0) is 43.0 Å². The maximum Gasteiger partial charge on any atom is 0.433 e. The molecule has 1 amide bonds. The second-order valence-corrected chi connectivity index (χ2v) is 8.72. The largest absolute Gasteiger partial charge is 0.433 e. The van der Waals surface area contributed by atoms with Crippen molar-refractivity contribution < 1.29 is 18.0 Å². The zero-order valence-electron chi connectivity index (χ0n) is 18.7. The summed E-state index contributed by atoms with van der Waals surface area (Å²) in [5.74, 6) is 0.929. The maximum absolute atomic E-state index is 13.4. The Hall–Kier alpha value is -3.69. The number of nitrogens with one attached hydrogen (secondary N) is 1. The average Bonchev–Trinajstić information content (AvgIpc) is 3.52. The van der Waals surface area contributed by atoms with Crippen molar-refractivity contribution in [3.05, 3.63) is 59.7 Å². The van der Waals surface area contributed by atoms with E-state index in [1.54, 1.807) is 22.7 Å². The molecule has 7 nitrogen and oxygen atoms in total. The van der Waals surface area contributed by atoms with Crippen LogP contribution in [0.1, 0.15) is 35.0 Å². The lowest BCUT2D eigenvalue weighted by molar-refractivity contribution is -0.0571. The van der Waals surface area contributed by atoms with Crippen molar-refractivity contribution in [3.63, 3.8) is 0 Å². The third-order valence-electron chi connectivity index (χ3n) is 6.20. The van der Waals surface area contributed by atoms with Crippen LogP contribution in [0.2, 0.25) is 0 Å². The second-order valence-electron chi connectivity index (χ2n) is 8.72. The number of imidazole rings is 1. The van der Waals surface area contributed by atoms with Crippen LogP contribution in [-0.4, -0.2) is 56.7 Å². The Morgan fingerprint density at radius 3 is 2.76 bits per heavy atom. The van der Waals surface area contributed by atoms with Crippen LogP contribution in [-0.2, 0) is 0 Å². The summed E-state index contributed by atoms with van der Waals surface area (Å²) in [6.07, 6.45) is 2.38. The molecular formula is C24H23F3N6O. The molecule has 1 fully saturated rings. The normalized spacial score (nSPS) is 18.4. The van der Waals surface area contributed by atoms with Crippen molar-refractivity contribution in [1.82, 2.24) is 19.3 Å². The molecule has 3 aromatic rings. The zero-order chi connectivity index (χ0) is 24.0. The number of amides is 1. The van der Waals surface area contributed by atoms with Crippen LogP contribution < -0.4 is 5.32 Å². The second kappa shape index (κ2) is 8.27. The highest BCUT2D eigenvalue weighted by Crippen LogP contribution is 2.32. The van der Waals surface area contributed by atoms with E-state index < -0.39 is 11.9 Å². The number of aryl methyl sites for hydroxylation is 1. The van der Waals surface area contributed by atoms with Crippen LogP contribution in [0.25, 0.3) is 11.2 Å². The smallest absolute Gasteiger partial charge is 0.338 e. The molecule has 0 aliphatic carbocycles. The topological polar surface area (TPSA) is 74.9 Å². The molecule has 0 spiro atoms. The molecule has 2 aliphatic heterocycles. The third-order valence-corrected chi connectivity index (χ3v) is 6.20.